The minimum atomic E-state index is -0.464. The van der Waals surface area contributed by atoms with Gasteiger partial charge in [-0.05, 0) is 21.9 Å². The van der Waals surface area contributed by atoms with Gasteiger partial charge in [-0.25, -0.2) is 0 Å². The van der Waals surface area contributed by atoms with Crippen LogP contribution in [-0.4, -0.2) is 5.11 Å². The quantitative estimate of drug-likeness (QED) is 0.739. The van der Waals surface area contributed by atoms with E-state index in [0.29, 0.717) is 6.42 Å². The van der Waals surface area contributed by atoms with Crippen LogP contribution in [0.15, 0.2) is 72.8 Å². The first-order valence-electron chi connectivity index (χ1n) is 6.54. The van der Waals surface area contributed by atoms with Crippen molar-refractivity contribution in [1.82, 2.24) is 0 Å². The Kier molecular flexibility index (Phi) is 3.30. The monoisotopic (exact) mass is 248 g/mol. The van der Waals surface area contributed by atoms with Crippen LogP contribution in [0, 0.1) is 0 Å². The fourth-order valence-corrected chi connectivity index (χ4v) is 2.49. The number of hydrogen-bond acceptors (Lipinski definition) is 1. The van der Waals surface area contributed by atoms with Gasteiger partial charge in [0.25, 0.3) is 0 Å². The lowest BCUT2D eigenvalue weighted by molar-refractivity contribution is 0.180. The molecular formula is C18H16O. The third-order valence-corrected chi connectivity index (χ3v) is 3.45. The minimum absolute atomic E-state index is 0.464. The molecule has 0 aliphatic rings. The highest BCUT2D eigenvalue weighted by molar-refractivity contribution is 5.85. The summed E-state index contributed by atoms with van der Waals surface area (Å²) in [4.78, 5) is 0. The second kappa shape index (κ2) is 5.25. The van der Waals surface area contributed by atoms with Crippen molar-refractivity contribution in [2.75, 3.05) is 0 Å². The van der Waals surface area contributed by atoms with E-state index in [-0.39, 0.29) is 0 Å². The average molecular weight is 248 g/mol. The van der Waals surface area contributed by atoms with Crippen molar-refractivity contribution >= 4 is 10.8 Å². The summed E-state index contributed by atoms with van der Waals surface area (Å²) < 4.78 is 0. The molecule has 0 heterocycles. The first-order valence-corrected chi connectivity index (χ1v) is 6.54. The number of benzene rings is 3. The average Bonchev–Trinajstić information content (AvgIpc) is 2.47. The van der Waals surface area contributed by atoms with E-state index in [4.69, 9.17) is 0 Å². The van der Waals surface area contributed by atoms with Crippen molar-refractivity contribution < 1.29 is 5.11 Å². The van der Waals surface area contributed by atoms with E-state index in [1.807, 2.05) is 54.6 Å². The minimum Gasteiger partial charge on any atom is -0.388 e. The SMILES string of the molecule is OC(Cc1ccccc1)c1cccc2ccccc12. The second-order valence-electron chi connectivity index (χ2n) is 4.77. The Bertz CT molecular complexity index is 668. The molecule has 0 aliphatic carbocycles. The Morgan fingerprint density at radius 1 is 0.737 bits per heavy atom. The number of hydrogen-bond donors (Lipinski definition) is 1. The van der Waals surface area contributed by atoms with Crippen LogP contribution in [-0.2, 0) is 6.42 Å². The summed E-state index contributed by atoms with van der Waals surface area (Å²) in [6.07, 6.45) is 0.183. The molecule has 3 aromatic carbocycles. The summed E-state index contributed by atoms with van der Waals surface area (Å²) in [5.74, 6) is 0. The molecule has 0 saturated heterocycles. The van der Waals surface area contributed by atoms with E-state index in [1.165, 1.54) is 5.39 Å². The van der Waals surface area contributed by atoms with Gasteiger partial charge in [0.1, 0.15) is 0 Å². The van der Waals surface area contributed by atoms with Crippen molar-refractivity contribution in [3.63, 3.8) is 0 Å². The van der Waals surface area contributed by atoms with Crippen molar-refractivity contribution in [2.45, 2.75) is 12.5 Å². The molecule has 0 amide bonds. The summed E-state index contributed by atoms with van der Waals surface area (Å²) in [6.45, 7) is 0. The van der Waals surface area contributed by atoms with E-state index in [2.05, 4.69) is 18.2 Å². The Morgan fingerprint density at radius 3 is 2.26 bits per heavy atom. The number of rotatable bonds is 3. The lowest BCUT2D eigenvalue weighted by atomic mass is 9.96. The van der Waals surface area contributed by atoms with Crippen molar-refractivity contribution in [3.05, 3.63) is 83.9 Å². The van der Waals surface area contributed by atoms with E-state index >= 15 is 0 Å². The van der Waals surface area contributed by atoms with Crippen molar-refractivity contribution in [1.29, 1.82) is 0 Å². The van der Waals surface area contributed by atoms with Gasteiger partial charge in [0.15, 0.2) is 0 Å². The highest BCUT2D eigenvalue weighted by atomic mass is 16.3. The summed E-state index contributed by atoms with van der Waals surface area (Å²) >= 11 is 0. The largest absolute Gasteiger partial charge is 0.388 e. The van der Waals surface area contributed by atoms with E-state index in [0.717, 1.165) is 16.5 Å². The molecule has 1 heteroatoms. The highest BCUT2D eigenvalue weighted by Gasteiger charge is 2.11. The van der Waals surface area contributed by atoms with Crippen LogP contribution in [0.5, 0.6) is 0 Å². The van der Waals surface area contributed by atoms with Gasteiger partial charge in [-0.3, -0.25) is 0 Å². The van der Waals surface area contributed by atoms with E-state index in [9.17, 15) is 5.11 Å². The summed E-state index contributed by atoms with van der Waals surface area (Å²) in [7, 11) is 0. The molecule has 0 bridgehead atoms. The lowest BCUT2D eigenvalue weighted by Crippen LogP contribution is -2.02. The fraction of sp³-hybridized carbons (Fsp3) is 0.111. The number of fused-ring (bicyclic) bond motifs is 1. The number of aliphatic hydroxyl groups is 1. The van der Waals surface area contributed by atoms with Gasteiger partial charge in [0, 0.05) is 6.42 Å². The van der Waals surface area contributed by atoms with Gasteiger partial charge < -0.3 is 5.11 Å². The Hall–Kier alpha value is -2.12. The lowest BCUT2D eigenvalue weighted by Gasteiger charge is -2.14. The maximum absolute atomic E-state index is 10.5. The van der Waals surface area contributed by atoms with Crippen LogP contribution in [0.25, 0.3) is 10.8 Å². The third-order valence-electron chi connectivity index (χ3n) is 3.45. The van der Waals surface area contributed by atoms with Crippen molar-refractivity contribution in [2.24, 2.45) is 0 Å². The molecule has 1 unspecified atom stereocenters. The number of aliphatic hydroxyl groups excluding tert-OH is 1. The van der Waals surface area contributed by atoms with Gasteiger partial charge in [-0.15, -0.1) is 0 Å². The smallest absolute Gasteiger partial charge is 0.0836 e. The Morgan fingerprint density at radius 2 is 1.42 bits per heavy atom. The molecule has 1 atom stereocenters. The normalized spacial score (nSPS) is 12.5. The second-order valence-corrected chi connectivity index (χ2v) is 4.77. The van der Waals surface area contributed by atoms with Crippen LogP contribution >= 0.6 is 0 Å². The molecule has 0 aromatic heterocycles. The van der Waals surface area contributed by atoms with Crippen LogP contribution in [0.3, 0.4) is 0 Å². The summed E-state index contributed by atoms with van der Waals surface area (Å²) in [5.41, 5.74) is 2.16. The predicted molar refractivity (Wildman–Crippen MR) is 79.1 cm³/mol. The van der Waals surface area contributed by atoms with Gasteiger partial charge in [-0.2, -0.15) is 0 Å². The molecular weight excluding hydrogens is 232 g/mol. The molecule has 0 saturated carbocycles. The molecule has 0 aliphatic heterocycles. The topological polar surface area (TPSA) is 20.2 Å². The van der Waals surface area contributed by atoms with Gasteiger partial charge in [-0.1, -0.05) is 72.8 Å². The maximum Gasteiger partial charge on any atom is 0.0836 e. The first-order chi connectivity index (χ1) is 9.34. The molecule has 19 heavy (non-hydrogen) atoms. The highest BCUT2D eigenvalue weighted by Crippen LogP contribution is 2.26. The molecule has 94 valence electrons. The molecule has 0 fully saturated rings. The van der Waals surface area contributed by atoms with Gasteiger partial charge in [0.05, 0.1) is 6.10 Å². The van der Waals surface area contributed by atoms with Crippen LogP contribution in [0.2, 0.25) is 0 Å². The molecule has 0 radical (unpaired) electrons. The Balaban J connectivity index is 1.96. The Labute approximate surface area is 113 Å². The molecule has 3 aromatic rings. The van der Waals surface area contributed by atoms with Gasteiger partial charge >= 0.3 is 0 Å². The van der Waals surface area contributed by atoms with Gasteiger partial charge in [0.2, 0.25) is 0 Å². The zero-order valence-electron chi connectivity index (χ0n) is 10.7. The van der Waals surface area contributed by atoms with Crippen LogP contribution < -0.4 is 0 Å². The predicted octanol–water partition coefficient (Wildman–Crippen LogP) is 4.12. The first kappa shape index (κ1) is 11.9. The summed E-state index contributed by atoms with van der Waals surface area (Å²) in [6, 6.07) is 24.4. The molecule has 1 nitrogen and oxygen atoms in total. The zero-order valence-corrected chi connectivity index (χ0v) is 10.7. The summed E-state index contributed by atoms with van der Waals surface area (Å²) in [5, 5.41) is 12.8. The fourth-order valence-electron chi connectivity index (χ4n) is 2.49. The molecule has 3 rings (SSSR count). The standard InChI is InChI=1S/C18H16O/c19-18(13-14-7-2-1-3-8-14)17-12-6-10-15-9-4-5-11-16(15)17/h1-12,18-19H,13H2. The van der Waals surface area contributed by atoms with E-state index in [1.54, 1.807) is 0 Å². The van der Waals surface area contributed by atoms with E-state index < -0.39 is 6.10 Å². The van der Waals surface area contributed by atoms with Crippen LogP contribution in [0.4, 0.5) is 0 Å². The third kappa shape index (κ3) is 2.51. The molecule has 1 N–H and O–H groups in total. The van der Waals surface area contributed by atoms with Crippen molar-refractivity contribution in [3.8, 4) is 0 Å². The zero-order chi connectivity index (χ0) is 13.1. The van der Waals surface area contributed by atoms with Crippen LogP contribution in [0.1, 0.15) is 17.2 Å². The molecule has 0 spiro atoms. The maximum atomic E-state index is 10.5.